The number of halogens is 2. The molecular weight excluding hydrogens is 542 g/mol. The molecule has 0 aliphatic carbocycles. The zero-order valence-electron chi connectivity index (χ0n) is 19.8. The Kier molecular flexibility index (Phi) is 12.0. The molecule has 190 valence electrons. The molecule has 36 heavy (non-hydrogen) atoms. The predicted molar refractivity (Wildman–Crippen MR) is 150 cm³/mol. The first kappa shape index (κ1) is 28.9. The molecule has 0 aliphatic heterocycles. The first-order valence-corrected chi connectivity index (χ1v) is 12.2. The minimum Gasteiger partial charge on any atom is -0.370 e. The number of rotatable bonds is 11. The fourth-order valence-corrected chi connectivity index (χ4v) is 3.99. The molecule has 6 N–H and O–H groups in total. The summed E-state index contributed by atoms with van der Waals surface area (Å²) >= 11 is 3.41. The molecule has 0 bridgehead atoms. The van der Waals surface area contributed by atoms with Gasteiger partial charge in [0.1, 0.15) is 6.04 Å². The highest BCUT2D eigenvalue weighted by atomic mass is 79.9. The number of carbonyl (C=O) groups excluding carboxylic acids is 2. The molecule has 0 unspecified atom stereocenters. The van der Waals surface area contributed by atoms with Crippen molar-refractivity contribution in [3.8, 4) is 0 Å². The summed E-state index contributed by atoms with van der Waals surface area (Å²) in [6, 6.07) is 26.0. The van der Waals surface area contributed by atoms with Crippen molar-refractivity contribution >= 4 is 46.1 Å². The molecule has 0 spiro atoms. The maximum atomic E-state index is 13.5. The van der Waals surface area contributed by atoms with Crippen LogP contribution in [0.25, 0.3) is 0 Å². The average molecular weight is 573 g/mol. The lowest BCUT2D eigenvalue weighted by atomic mass is 9.90. The highest BCUT2D eigenvalue weighted by molar-refractivity contribution is 9.10. The van der Waals surface area contributed by atoms with Crippen LogP contribution in [-0.2, 0) is 16.1 Å². The van der Waals surface area contributed by atoms with E-state index in [0.717, 1.165) is 21.2 Å². The van der Waals surface area contributed by atoms with Gasteiger partial charge in [-0.3, -0.25) is 14.6 Å². The normalized spacial score (nSPS) is 11.2. The number of amides is 2. The van der Waals surface area contributed by atoms with E-state index < -0.39 is 12.0 Å². The van der Waals surface area contributed by atoms with Crippen LogP contribution in [0.15, 0.2) is 94.4 Å². The van der Waals surface area contributed by atoms with E-state index in [1.807, 2.05) is 84.9 Å². The van der Waals surface area contributed by atoms with E-state index in [1.165, 1.54) is 0 Å². The fourth-order valence-electron chi connectivity index (χ4n) is 3.73. The SMILES string of the molecule is Cl.NC(N)=NCCC[C@@H](NC(=O)C(c1ccccc1)c1ccccc1)C(=O)NCc1ccc(Br)cc1. The molecule has 3 aromatic rings. The van der Waals surface area contributed by atoms with Gasteiger partial charge in [-0.05, 0) is 41.7 Å². The number of hydrogen-bond acceptors (Lipinski definition) is 3. The van der Waals surface area contributed by atoms with Crippen molar-refractivity contribution in [1.29, 1.82) is 0 Å². The van der Waals surface area contributed by atoms with Crippen LogP contribution in [0, 0.1) is 0 Å². The van der Waals surface area contributed by atoms with Crippen molar-refractivity contribution < 1.29 is 9.59 Å². The molecule has 0 saturated heterocycles. The number of hydrogen-bond donors (Lipinski definition) is 4. The second-order valence-corrected chi connectivity index (χ2v) is 9.02. The van der Waals surface area contributed by atoms with Crippen LogP contribution < -0.4 is 22.1 Å². The van der Waals surface area contributed by atoms with Crippen molar-refractivity contribution in [2.45, 2.75) is 31.3 Å². The third kappa shape index (κ3) is 9.02. The number of carbonyl (C=O) groups is 2. The molecule has 9 heteroatoms. The molecule has 0 aromatic heterocycles. The van der Waals surface area contributed by atoms with E-state index in [0.29, 0.717) is 25.9 Å². The van der Waals surface area contributed by atoms with Gasteiger partial charge in [0.15, 0.2) is 5.96 Å². The zero-order chi connectivity index (χ0) is 25.0. The number of aliphatic imine (C=N–C) groups is 1. The van der Waals surface area contributed by atoms with Gasteiger partial charge < -0.3 is 22.1 Å². The Morgan fingerprint density at radius 2 is 1.39 bits per heavy atom. The number of nitrogens with zero attached hydrogens (tertiary/aromatic N) is 1. The van der Waals surface area contributed by atoms with Crippen LogP contribution >= 0.6 is 28.3 Å². The number of benzene rings is 3. The molecule has 2 amide bonds. The second kappa shape index (κ2) is 14.9. The van der Waals surface area contributed by atoms with Gasteiger partial charge in [0.2, 0.25) is 11.8 Å². The fraction of sp³-hybridized carbons (Fsp3) is 0.222. The molecular formula is C27H31BrClN5O2. The average Bonchev–Trinajstić information content (AvgIpc) is 2.86. The Bertz CT molecular complexity index is 1080. The van der Waals surface area contributed by atoms with Gasteiger partial charge in [-0.15, -0.1) is 12.4 Å². The zero-order valence-corrected chi connectivity index (χ0v) is 22.2. The van der Waals surface area contributed by atoms with Crippen LogP contribution in [-0.4, -0.2) is 30.4 Å². The van der Waals surface area contributed by atoms with E-state index in [-0.39, 0.29) is 30.2 Å². The first-order chi connectivity index (χ1) is 16.9. The maximum Gasteiger partial charge on any atom is 0.242 e. The monoisotopic (exact) mass is 571 g/mol. The molecule has 0 radical (unpaired) electrons. The Balaban J connectivity index is 0.00000456. The topological polar surface area (TPSA) is 123 Å². The largest absolute Gasteiger partial charge is 0.370 e. The van der Waals surface area contributed by atoms with Gasteiger partial charge in [-0.25, -0.2) is 0 Å². The van der Waals surface area contributed by atoms with Crippen LogP contribution in [0.2, 0.25) is 0 Å². The Hall–Kier alpha value is -3.36. The molecule has 0 aliphatic rings. The number of nitrogens with one attached hydrogen (secondary N) is 2. The van der Waals surface area contributed by atoms with Crippen molar-refractivity contribution in [2.75, 3.05) is 6.54 Å². The van der Waals surface area contributed by atoms with E-state index in [2.05, 4.69) is 31.6 Å². The summed E-state index contributed by atoms with van der Waals surface area (Å²) in [6.45, 7) is 0.725. The van der Waals surface area contributed by atoms with Gasteiger partial charge in [0, 0.05) is 17.6 Å². The van der Waals surface area contributed by atoms with Crippen LogP contribution in [0.5, 0.6) is 0 Å². The van der Waals surface area contributed by atoms with Crippen molar-refractivity contribution in [1.82, 2.24) is 10.6 Å². The Labute approximate surface area is 226 Å². The van der Waals surface area contributed by atoms with Crippen LogP contribution in [0.3, 0.4) is 0 Å². The summed E-state index contributed by atoms with van der Waals surface area (Å²) in [5, 5.41) is 5.92. The third-order valence-electron chi connectivity index (χ3n) is 5.49. The lowest BCUT2D eigenvalue weighted by molar-refractivity contribution is -0.129. The molecule has 0 heterocycles. The summed E-state index contributed by atoms with van der Waals surface area (Å²) in [4.78, 5) is 30.7. The second-order valence-electron chi connectivity index (χ2n) is 8.11. The standard InChI is InChI=1S/C27H30BrN5O2.ClH/c28-22-15-13-19(14-16-22)18-32-25(34)23(12-7-17-31-27(29)30)33-26(35)24(20-8-3-1-4-9-20)21-10-5-2-6-11-21;/h1-6,8-11,13-16,23-24H,7,12,17-18H2,(H,32,34)(H,33,35)(H4,29,30,31);1H/t23-;/m1./s1. The van der Waals surface area contributed by atoms with E-state index in [9.17, 15) is 9.59 Å². The number of nitrogens with two attached hydrogens (primary N) is 2. The summed E-state index contributed by atoms with van der Waals surface area (Å²) < 4.78 is 0.963. The van der Waals surface area contributed by atoms with Gasteiger partial charge in [0.25, 0.3) is 0 Å². The molecule has 3 aromatic carbocycles. The van der Waals surface area contributed by atoms with Crippen molar-refractivity contribution in [3.05, 3.63) is 106 Å². The summed E-state index contributed by atoms with van der Waals surface area (Å²) in [5.74, 6) is -1.05. The van der Waals surface area contributed by atoms with Gasteiger partial charge in [-0.1, -0.05) is 88.7 Å². The lowest BCUT2D eigenvalue weighted by Gasteiger charge is -2.23. The molecule has 0 fully saturated rings. The van der Waals surface area contributed by atoms with Gasteiger partial charge in [0.05, 0.1) is 5.92 Å². The quantitative estimate of drug-likeness (QED) is 0.158. The van der Waals surface area contributed by atoms with E-state index in [4.69, 9.17) is 11.5 Å². The lowest BCUT2D eigenvalue weighted by Crippen LogP contribution is -2.48. The minimum atomic E-state index is -0.734. The highest BCUT2D eigenvalue weighted by Crippen LogP contribution is 2.25. The molecule has 7 nitrogen and oxygen atoms in total. The Morgan fingerprint density at radius 3 is 1.92 bits per heavy atom. The highest BCUT2D eigenvalue weighted by Gasteiger charge is 2.27. The summed E-state index contributed by atoms with van der Waals surface area (Å²) in [6.07, 6.45) is 0.931. The van der Waals surface area contributed by atoms with Crippen molar-refractivity contribution in [3.63, 3.8) is 0 Å². The summed E-state index contributed by atoms with van der Waals surface area (Å²) in [5.41, 5.74) is 13.5. The predicted octanol–water partition coefficient (Wildman–Crippen LogP) is 3.86. The molecule has 1 atom stereocenters. The smallest absolute Gasteiger partial charge is 0.242 e. The van der Waals surface area contributed by atoms with Gasteiger partial charge >= 0.3 is 0 Å². The van der Waals surface area contributed by atoms with Gasteiger partial charge in [-0.2, -0.15) is 0 Å². The summed E-state index contributed by atoms with van der Waals surface area (Å²) in [7, 11) is 0. The molecule has 0 saturated carbocycles. The maximum absolute atomic E-state index is 13.5. The number of guanidine groups is 1. The van der Waals surface area contributed by atoms with Crippen LogP contribution in [0.4, 0.5) is 0 Å². The van der Waals surface area contributed by atoms with E-state index in [1.54, 1.807) is 0 Å². The van der Waals surface area contributed by atoms with Crippen LogP contribution in [0.1, 0.15) is 35.4 Å². The third-order valence-corrected chi connectivity index (χ3v) is 6.01. The molecule has 3 rings (SSSR count). The Morgan fingerprint density at radius 1 is 0.833 bits per heavy atom. The van der Waals surface area contributed by atoms with Crippen molar-refractivity contribution in [2.24, 2.45) is 16.5 Å². The van der Waals surface area contributed by atoms with E-state index >= 15 is 0 Å². The minimum absolute atomic E-state index is 0. The first-order valence-electron chi connectivity index (χ1n) is 11.4.